The van der Waals surface area contributed by atoms with Gasteiger partial charge in [-0.2, -0.15) is 0 Å². The third-order valence-corrected chi connectivity index (χ3v) is 2.30. The Bertz CT molecular complexity index is 226. The molecule has 1 aliphatic heterocycles. The van der Waals surface area contributed by atoms with Crippen LogP contribution in [-0.4, -0.2) is 24.9 Å². The van der Waals surface area contributed by atoms with Crippen molar-refractivity contribution in [2.24, 2.45) is 11.8 Å². The minimum absolute atomic E-state index is 0.0130. The quantitative estimate of drug-likeness (QED) is 0.684. The highest BCUT2D eigenvalue weighted by molar-refractivity contribution is 5.86. The van der Waals surface area contributed by atoms with E-state index in [1.54, 1.807) is 0 Å². The minimum Gasteiger partial charge on any atom is -0.356 e. The van der Waals surface area contributed by atoms with Crippen molar-refractivity contribution in [2.45, 2.75) is 26.7 Å². The van der Waals surface area contributed by atoms with Crippen LogP contribution in [0, 0.1) is 11.8 Å². The van der Waals surface area contributed by atoms with Gasteiger partial charge in [0, 0.05) is 25.4 Å². The van der Waals surface area contributed by atoms with E-state index < -0.39 is 0 Å². The van der Waals surface area contributed by atoms with E-state index in [2.05, 4.69) is 10.6 Å². The predicted octanol–water partition coefficient (Wildman–Crippen LogP) is 0.285. The van der Waals surface area contributed by atoms with Gasteiger partial charge in [-0.05, 0) is 12.3 Å². The zero-order valence-corrected chi connectivity index (χ0v) is 8.80. The zero-order valence-electron chi connectivity index (χ0n) is 8.80. The van der Waals surface area contributed by atoms with Crippen LogP contribution >= 0.6 is 0 Å². The molecule has 0 spiro atoms. The molecule has 0 aromatic carbocycles. The van der Waals surface area contributed by atoms with E-state index in [1.807, 2.05) is 13.8 Å². The van der Waals surface area contributed by atoms with Crippen LogP contribution in [0.1, 0.15) is 26.7 Å². The summed E-state index contributed by atoms with van der Waals surface area (Å²) >= 11 is 0. The van der Waals surface area contributed by atoms with Gasteiger partial charge in [0.25, 0.3) is 0 Å². The topological polar surface area (TPSA) is 58.2 Å². The van der Waals surface area contributed by atoms with E-state index in [0.717, 1.165) is 6.42 Å². The fraction of sp³-hybridized carbons (Fsp3) is 0.800. The molecule has 4 heteroatoms. The van der Waals surface area contributed by atoms with Crippen molar-refractivity contribution in [1.82, 2.24) is 10.6 Å². The van der Waals surface area contributed by atoms with Crippen molar-refractivity contribution in [3.63, 3.8) is 0 Å². The Morgan fingerprint density at radius 2 is 2.36 bits per heavy atom. The maximum Gasteiger partial charge on any atom is 0.223 e. The van der Waals surface area contributed by atoms with Crippen LogP contribution in [-0.2, 0) is 9.59 Å². The molecular formula is C10H18N2O2. The van der Waals surface area contributed by atoms with Gasteiger partial charge >= 0.3 is 0 Å². The summed E-state index contributed by atoms with van der Waals surface area (Å²) in [4.78, 5) is 22.6. The number of hydrogen-bond donors (Lipinski definition) is 2. The second-order valence-electron chi connectivity index (χ2n) is 4.18. The van der Waals surface area contributed by atoms with Gasteiger partial charge in [0.2, 0.25) is 11.8 Å². The van der Waals surface area contributed by atoms with E-state index in [1.165, 1.54) is 0 Å². The van der Waals surface area contributed by atoms with E-state index in [-0.39, 0.29) is 17.7 Å². The van der Waals surface area contributed by atoms with Crippen molar-refractivity contribution < 1.29 is 9.59 Å². The Balaban J connectivity index is 2.32. The fourth-order valence-electron chi connectivity index (χ4n) is 1.46. The average Bonchev–Trinajstić information content (AvgIpc) is 2.14. The maximum absolute atomic E-state index is 11.6. The Morgan fingerprint density at radius 1 is 1.64 bits per heavy atom. The first-order chi connectivity index (χ1) is 6.59. The summed E-state index contributed by atoms with van der Waals surface area (Å²) in [5, 5.41) is 5.57. The molecule has 2 N–H and O–H groups in total. The number of carbonyl (C=O) groups excluding carboxylic acids is 2. The molecule has 0 aliphatic carbocycles. The summed E-state index contributed by atoms with van der Waals surface area (Å²) in [5.41, 5.74) is 0. The van der Waals surface area contributed by atoms with E-state index in [4.69, 9.17) is 0 Å². The molecule has 1 aliphatic rings. The van der Waals surface area contributed by atoms with Gasteiger partial charge in [0.15, 0.2) is 0 Å². The first-order valence-corrected chi connectivity index (χ1v) is 5.14. The highest BCUT2D eigenvalue weighted by atomic mass is 16.2. The highest BCUT2D eigenvalue weighted by Crippen LogP contribution is 2.12. The molecule has 1 saturated heterocycles. The van der Waals surface area contributed by atoms with Crippen molar-refractivity contribution in [3.8, 4) is 0 Å². The lowest BCUT2D eigenvalue weighted by Gasteiger charge is -2.21. The Kier molecular flexibility index (Phi) is 3.92. The van der Waals surface area contributed by atoms with Crippen molar-refractivity contribution in [1.29, 1.82) is 0 Å². The standard InChI is InChI=1S/C10H18N2O2/c1-7(2)6-12-10(14)8-3-4-11-9(13)5-8/h7-8H,3-6H2,1-2H3,(H,11,13)(H,12,14). The lowest BCUT2D eigenvalue weighted by atomic mass is 9.96. The number of carbonyl (C=O) groups is 2. The van der Waals surface area contributed by atoms with Crippen LogP contribution in [0.4, 0.5) is 0 Å². The molecular weight excluding hydrogens is 180 g/mol. The second-order valence-corrected chi connectivity index (χ2v) is 4.18. The third-order valence-electron chi connectivity index (χ3n) is 2.30. The van der Waals surface area contributed by atoms with Crippen LogP contribution in [0.2, 0.25) is 0 Å². The fourth-order valence-corrected chi connectivity index (χ4v) is 1.46. The van der Waals surface area contributed by atoms with Crippen molar-refractivity contribution >= 4 is 11.8 Å². The number of nitrogens with one attached hydrogen (secondary N) is 2. The molecule has 0 radical (unpaired) electrons. The van der Waals surface area contributed by atoms with Crippen LogP contribution in [0.25, 0.3) is 0 Å². The summed E-state index contributed by atoms with van der Waals surface area (Å²) in [7, 11) is 0. The SMILES string of the molecule is CC(C)CNC(=O)C1CCNC(=O)C1. The smallest absolute Gasteiger partial charge is 0.223 e. The monoisotopic (exact) mass is 198 g/mol. The van der Waals surface area contributed by atoms with E-state index >= 15 is 0 Å². The molecule has 1 fully saturated rings. The number of rotatable bonds is 3. The lowest BCUT2D eigenvalue weighted by Crippen LogP contribution is -2.41. The van der Waals surface area contributed by atoms with Gasteiger partial charge in [0.05, 0.1) is 0 Å². The first kappa shape index (κ1) is 11.0. The van der Waals surface area contributed by atoms with Gasteiger partial charge in [-0.25, -0.2) is 0 Å². The zero-order chi connectivity index (χ0) is 10.6. The summed E-state index contributed by atoms with van der Waals surface area (Å²) in [6.07, 6.45) is 1.10. The molecule has 0 aromatic rings. The summed E-state index contributed by atoms with van der Waals surface area (Å²) in [5.74, 6) is 0.341. The number of hydrogen-bond acceptors (Lipinski definition) is 2. The summed E-state index contributed by atoms with van der Waals surface area (Å²) in [6.45, 7) is 5.41. The van der Waals surface area contributed by atoms with Gasteiger partial charge in [-0.1, -0.05) is 13.8 Å². The molecule has 4 nitrogen and oxygen atoms in total. The van der Waals surface area contributed by atoms with Crippen LogP contribution in [0.3, 0.4) is 0 Å². The number of amides is 2. The Morgan fingerprint density at radius 3 is 2.93 bits per heavy atom. The van der Waals surface area contributed by atoms with E-state index in [9.17, 15) is 9.59 Å². The van der Waals surface area contributed by atoms with Crippen LogP contribution < -0.4 is 10.6 Å². The minimum atomic E-state index is -0.123. The molecule has 14 heavy (non-hydrogen) atoms. The van der Waals surface area contributed by atoms with E-state index in [0.29, 0.717) is 25.4 Å². The molecule has 1 atom stereocenters. The molecule has 2 amide bonds. The van der Waals surface area contributed by atoms with Gasteiger partial charge in [0.1, 0.15) is 0 Å². The molecule has 80 valence electrons. The maximum atomic E-state index is 11.6. The molecule has 1 unspecified atom stereocenters. The number of piperidine rings is 1. The van der Waals surface area contributed by atoms with Gasteiger partial charge in [-0.3, -0.25) is 9.59 Å². The average molecular weight is 198 g/mol. The predicted molar refractivity (Wildman–Crippen MR) is 53.6 cm³/mol. The molecule has 0 aromatic heterocycles. The van der Waals surface area contributed by atoms with Crippen LogP contribution in [0.5, 0.6) is 0 Å². The molecule has 0 bridgehead atoms. The Hall–Kier alpha value is -1.06. The summed E-state index contributed by atoms with van der Waals surface area (Å²) in [6, 6.07) is 0. The first-order valence-electron chi connectivity index (χ1n) is 5.14. The second kappa shape index (κ2) is 4.98. The lowest BCUT2D eigenvalue weighted by molar-refractivity contribution is -0.132. The third kappa shape index (κ3) is 3.36. The largest absolute Gasteiger partial charge is 0.356 e. The molecule has 0 saturated carbocycles. The van der Waals surface area contributed by atoms with Crippen LogP contribution in [0.15, 0.2) is 0 Å². The van der Waals surface area contributed by atoms with Gasteiger partial charge < -0.3 is 10.6 Å². The van der Waals surface area contributed by atoms with Gasteiger partial charge in [-0.15, -0.1) is 0 Å². The molecule has 1 heterocycles. The Labute approximate surface area is 84.4 Å². The van der Waals surface area contributed by atoms with Crippen molar-refractivity contribution in [3.05, 3.63) is 0 Å². The highest BCUT2D eigenvalue weighted by Gasteiger charge is 2.24. The normalized spacial score (nSPS) is 21.9. The molecule has 1 rings (SSSR count). The van der Waals surface area contributed by atoms with Crippen molar-refractivity contribution in [2.75, 3.05) is 13.1 Å². The summed E-state index contributed by atoms with van der Waals surface area (Å²) < 4.78 is 0.